The average Bonchev–Trinajstić information content (AvgIpc) is 3.57. The zero-order chi connectivity index (χ0) is 42.8. The number of amides is 1. The van der Waals surface area contributed by atoms with Crippen LogP contribution in [0.5, 0.6) is 5.75 Å². The van der Waals surface area contributed by atoms with Crippen molar-refractivity contribution in [2.45, 2.75) is 201 Å². The lowest BCUT2D eigenvalue weighted by Gasteiger charge is -2.63. The van der Waals surface area contributed by atoms with Crippen LogP contribution in [0.2, 0.25) is 0 Å². The lowest BCUT2D eigenvalue weighted by atomic mass is 9.43. The summed E-state index contributed by atoms with van der Waals surface area (Å²) in [4.78, 5) is 40.6. The minimum Gasteiger partial charge on any atom is -0.490 e. The standard InChI is InChI=1S/C50H78F3NO5/c1-7-9-11-13-15-17-31-54(32-18-16-14-12-10-8-2)46(56)28-19-35(3)42-26-27-43-41-25-22-38-33-40(59-39-23-20-37(21-24-39)47(57)50(51,52)53)29-30-48(38,5)44(41)34-45(49(42,43)6)58-36(4)55/h20-21,23-24,35,38,40-45H,7-19,22,25-34H2,1-6H3/t35-,38?,40?,41?,42?,43?,44?,45?,48+,49-/m1/s1. The van der Waals surface area contributed by atoms with Gasteiger partial charge in [-0.25, -0.2) is 0 Å². The van der Waals surface area contributed by atoms with Crippen molar-refractivity contribution in [2.24, 2.45) is 46.3 Å². The molecule has 4 aliphatic carbocycles. The highest BCUT2D eigenvalue weighted by molar-refractivity contribution is 6.00. The Morgan fingerprint density at radius 2 is 1.41 bits per heavy atom. The van der Waals surface area contributed by atoms with Gasteiger partial charge in [0.15, 0.2) is 0 Å². The Kier molecular flexibility index (Phi) is 17.3. The Morgan fingerprint density at radius 1 is 0.797 bits per heavy atom. The molecule has 4 fully saturated rings. The monoisotopic (exact) mass is 830 g/mol. The minimum absolute atomic E-state index is 0.0427. The quantitative estimate of drug-likeness (QED) is 0.0661. The number of hydrogen-bond acceptors (Lipinski definition) is 5. The van der Waals surface area contributed by atoms with Crippen molar-refractivity contribution in [2.75, 3.05) is 13.1 Å². The zero-order valence-corrected chi connectivity index (χ0v) is 37.5. The van der Waals surface area contributed by atoms with Crippen molar-refractivity contribution in [3.8, 4) is 5.75 Å². The lowest BCUT2D eigenvalue weighted by molar-refractivity contribution is -0.195. The highest BCUT2D eigenvalue weighted by Gasteiger charge is 2.65. The van der Waals surface area contributed by atoms with Gasteiger partial charge in [0.25, 0.3) is 5.78 Å². The molecule has 0 spiro atoms. The molecule has 1 amide bonds. The topological polar surface area (TPSA) is 72.9 Å². The Hall–Kier alpha value is -2.58. The molecule has 4 saturated carbocycles. The molecule has 334 valence electrons. The second kappa shape index (κ2) is 21.5. The molecule has 7 unspecified atom stereocenters. The number of benzene rings is 1. The van der Waals surface area contributed by atoms with E-state index in [1.807, 2.05) is 0 Å². The number of ketones is 1. The summed E-state index contributed by atoms with van der Waals surface area (Å²) in [5.74, 6) is 1.41. The predicted molar refractivity (Wildman–Crippen MR) is 229 cm³/mol. The number of nitrogens with zero attached hydrogens (tertiary/aromatic N) is 1. The van der Waals surface area contributed by atoms with Crippen molar-refractivity contribution in [3.63, 3.8) is 0 Å². The van der Waals surface area contributed by atoms with E-state index in [9.17, 15) is 27.6 Å². The van der Waals surface area contributed by atoms with Crippen molar-refractivity contribution in [3.05, 3.63) is 29.8 Å². The molecular weight excluding hydrogens is 752 g/mol. The Labute approximate surface area is 354 Å². The van der Waals surface area contributed by atoms with Crippen molar-refractivity contribution in [1.29, 1.82) is 0 Å². The maximum Gasteiger partial charge on any atom is 0.454 e. The minimum atomic E-state index is -4.90. The van der Waals surface area contributed by atoms with Crippen LogP contribution in [0.4, 0.5) is 13.2 Å². The first-order valence-corrected chi connectivity index (χ1v) is 24.0. The molecule has 1 aromatic rings. The smallest absolute Gasteiger partial charge is 0.454 e. The van der Waals surface area contributed by atoms with Gasteiger partial charge in [-0.3, -0.25) is 14.4 Å². The number of hydrogen-bond donors (Lipinski definition) is 0. The normalized spacial score (nSPS) is 30.8. The van der Waals surface area contributed by atoms with E-state index in [2.05, 4.69) is 39.5 Å². The average molecular weight is 830 g/mol. The number of unbranched alkanes of at least 4 members (excludes halogenated alkanes) is 10. The second-order valence-corrected chi connectivity index (χ2v) is 19.8. The van der Waals surface area contributed by atoms with Crippen LogP contribution in [0.1, 0.15) is 193 Å². The van der Waals surface area contributed by atoms with Crippen LogP contribution < -0.4 is 4.74 Å². The maximum absolute atomic E-state index is 13.9. The van der Waals surface area contributed by atoms with Gasteiger partial charge in [0.1, 0.15) is 11.9 Å². The summed E-state index contributed by atoms with van der Waals surface area (Å²) >= 11 is 0. The molecule has 0 bridgehead atoms. The van der Waals surface area contributed by atoms with E-state index < -0.39 is 12.0 Å². The van der Waals surface area contributed by atoms with Gasteiger partial charge in [0.05, 0.1) is 6.10 Å². The molecule has 0 aliphatic heterocycles. The summed E-state index contributed by atoms with van der Waals surface area (Å²) in [6.07, 6.45) is 19.2. The number of ether oxygens (including phenoxy) is 2. The van der Waals surface area contributed by atoms with Gasteiger partial charge in [-0.2, -0.15) is 13.2 Å². The van der Waals surface area contributed by atoms with E-state index in [1.54, 1.807) is 6.92 Å². The van der Waals surface area contributed by atoms with Crippen LogP contribution >= 0.6 is 0 Å². The number of Topliss-reactive ketones (excluding diaryl/α,β-unsaturated/α-hetero) is 1. The first-order valence-electron chi connectivity index (χ1n) is 24.0. The number of fused-ring (bicyclic) bond motifs is 5. The summed E-state index contributed by atoms with van der Waals surface area (Å²) in [5.41, 5.74) is -0.432. The van der Waals surface area contributed by atoms with Gasteiger partial charge in [-0.1, -0.05) is 98.8 Å². The second-order valence-electron chi connectivity index (χ2n) is 19.8. The van der Waals surface area contributed by atoms with E-state index in [-0.39, 0.29) is 34.6 Å². The lowest BCUT2D eigenvalue weighted by Crippen LogP contribution is -2.59. The van der Waals surface area contributed by atoms with Gasteiger partial charge in [-0.15, -0.1) is 0 Å². The molecule has 0 saturated heterocycles. The fraction of sp³-hybridized carbons (Fsp3) is 0.820. The molecule has 10 atom stereocenters. The van der Waals surface area contributed by atoms with Gasteiger partial charge >= 0.3 is 12.1 Å². The summed E-state index contributed by atoms with van der Waals surface area (Å²) in [6.45, 7) is 15.0. The van der Waals surface area contributed by atoms with Gasteiger partial charge in [0, 0.05) is 37.4 Å². The third kappa shape index (κ3) is 11.7. The van der Waals surface area contributed by atoms with Gasteiger partial charge in [0.2, 0.25) is 5.91 Å². The number of halogens is 3. The van der Waals surface area contributed by atoms with E-state index >= 15 is 0 Å². The predicted octanol–water partition coefficient (Wildman–Crippen LogP) is 13.3. The summed E-state index contributed by atoms with van der Waals surface area (Å²) in [6, 6.07) is 5.36. The molecule has 5 rings (SSSR count). The largest absolute Gasteiger partial charge is 0.490 e. The van der Waals surface area contributed by atoms with Crippen LogP contribution in [0.15, 0.2) is 24.3 Å². The molecular formula is C50H78F3NO5. The number of carbonyl (C=O) groups excluding carboxylic acids is 3. The van der Waals surface area contributed by atoms with Crippen molar-refractivity contribution < 1.29 is 37.0 Å². The molecule has 0 radical (unpaired) electrons. The van der Waals surface area contributed by atoms with Crippen molar-refractivity contribution in [1.82, 2.24) is 4.90 Å². The summed E-state index contributed by atoms with van der Waals surface area (Å²) in [5, 5.41) is 0. The highest BCUT2D eigenvalue weighted by atomic mass is 19.4. The summed E-state index contributed by atoms with van der Waals surface area (Å²) < 4.78 is 51.6. The highest BCUT2D eigenvalue weighted by Crippen LogP contribution is 2.69. The number of alkyl halides is 3. The van der Waals surface area contributed by atoms with Crippen LogP contribution in [0.25, 0.3) is 0 Å². The summed E-state index contributed by atoms with van der Waals surface area (Å²) in [7, 11) is 0. The van der Waals surface area contributed by atoms with Gasteiger partial charge in [-0.05, 0) is 136 Å². The van der Waals surface area contributed by atoms with E-state index in [0.29, 0.717) is 53.6 Å². The Morgan fingerprint density at radius 3 is 2.00 bits per heavy atom. The molecule has 1 aromatic carbocycles. The molecule has 9 heteroatoms. The maximum atomic E-state index is 13.9. The molecule has 6 nitrogen and oxygen atoms in total. The molecule has 59 heavy (non-hydrogen) atoms. The van der Waals surface area contributed by atoms with Gasteiger partial charge < -0.3 is 14.4 Å². The van der Waals surface area contributed by atoms with E-state index in [4.69, 9.17) is 9.47 Å². The fourth-order valence-electron chi connectivity index (χ4n) is 12.9. The first kappa shape index (κ1) is 47.5. The fourth-order valence-corrected chi connectivity index (χ4v) is 12.9. The molecule has 0 aromatic heterocycles. The number of carbonyl (C=O) groups is 3. The Balaban J connectivity index is 1.21. The van der Waals surface area contributed by atoms with Crippen LogP contribution in [-0.4, -0.2) is 54.0 Å². The molecule has 0 N–H and O–H groups in total. The number of rotatable bonds is 22. The number of esters is 1. The zero-order valence-electron chi connectivity index (χ0n) is 37.5. The van der Waals surface area contributed by atoms with Crippen molar-refractivity contribution >= 4 is 17.7 Å². The van der Waals surface area contributed by atoms with Crippen LogP contribution in [0, 0.1) is 46.3 Å². The van der Waals surface area contributed by atoms with E-state index in [0.717, 1.165) is 83.7 Å². The van der Waals surface area contributed by atoms with Crippen LogP contribution in [-0.2, 0) is 14.3 Å². The van der Waals surface area contributed by atoms with Crippen LogP contribution in [0.3, 0.4) is 0 Å². The first-order chi connectivity index (χ1) is 28.1. The third-order valence-electron chi connectivity index (χ3n) is 16.2. The van der Waals surface area contributed by atoms with E-state index in [1.165, 1.54) is 88.5 Å². The third-order valence-corrected chi connectivity index (χ3v) is 16.2. The molecule has 0 heterocycles. The molecule has 4 aliphatic rings. The SMILES string of the molecule is CCCCCCCCN(CCCCCCCC)C(=O)CC[C@@H](C)C1CCC2C3CCC4CC(Oc5ccc(C(=O)C(F)(F)F)cc5)CC[C@]4(C)C3CC(OC(C)=O)[C@@]21C. The Bertz CT molecular complexity index is 1480.